The predicted octanol–water partition coefficient (Wildman–Crippen LogP) is 30.8. The number of hydrogen-bond acceptors (Lipinski definition) is 11. The molecule has 13 nitrogen and oxygen atoms in total. The summed E-state index contributed by atoms with van der Waals surface area (Å²) in [4.78, 5) is 46.0. The highest BCUT2D eigenvalue weighted by Crippen LogP contribution is 2.50. The molecule has 0 fully saturated rings. The van der Waals surface area contributed by atoms with E-state index in [9.17, 15) is 39.6 Å². The Kier molecular flexibility index (Phi) is 29.8. The van der Waals surface area contributed by atoms with Crippen molar-refractivity contribution in [2.75, 3.05) is 0 Å². The van der Waals surface area contributed by atoms with Gasteiger partial charge in [0.1, 0.15) is 21.3 Å². The molecular formula is C117H135N3O10S4. The molecule has 3 aliphatic rings. The molecule has 0 radical (unpaired) electrons. The van der Waals surface area contributed by atoms with Crippen LogP contribution in [0.25, 0.3) is 65.4 Å². The fraction of sp³-hybridized carbons (Fsp3) is 0.359. The minimum absolute atomic E-state index is 0.122. The van der Waals surface area contributed by atoms with Gasteiger partial charge in [0.2, 0.25) is 29.5 Å². The number of rotatable bonds is 13. The van der Waals surface area contributed by atoms with Crippen molar-refractivity contribution in [3.63, 3.8) is 0 Å². The number of nitrogens with one attached hydrogen (secondary N) is 1. The van der Waals surface area contributed by atoms with Crippen LogP contribution in [0, 0.1) is 0 Å². The second-order valence-electron chi connectivity index (χ2n) is 40.7. The van der Waals surface area contributed by atoms with Gasteiger partial charge >= 0.3 is 0 Å². The van der Waals surface area contributed by atoms with Gasteiger partial charge in [-0.15, -0.1) is 0 Å². The number of aromatic amines is 1. The molecule has 3 aromatic heterocycles. The molecule has 1 N–H and O–H groups in total. The monoisotopic (exact) mass is 1870 g/mol. The van der Waals surface area contributed by atoms with Crippen LogP contribution in [0.1, 0.15) is 336 Å². The lowest BCUT2D eigenvalue weighted by molar-refractivity contribution is 0.441. The summed E-state index contributed by atoms with van der Waals surface area (Å²) in [5.41, 5.74) is 21.8. The first-order valence-corrected chi connectivity index (χ1v) is 53.0. The molecule has 6 heterocycles. The van der Waals surface area contributed by atoms with Gasteiger partial charge in [-0.2, -0.15) is 0 Å². The van der Waals surface area contributed by atoms with Crippen LogP contribution in [0.5, 0.6) is 11.5 Å². The van der Waals surface area contributed by atoms with Crippen LogP contribution in [-0.4, -0.2) is 39.4 Å². The first kappa shape index (κ1) is 101. The highest BCUT2D eigenvalue weighted by atomic mass is 32.2. The summed E-state index contributed by atoms with van der Waals surface area (Å²) in [7, 11) is -8.37. The number of hydrogen-bond donors (Lipinski definition) is 1. The van der Waals surface area contributed by atoms with E-state index in [4.69, 9.17) is 4.74 Å². The van der Waals surface area contributed by atoms with E-state index in [1.807, 2.05) is 118 Å². The van der Waals surface area contributed by atoms with Crippen LogP contribution in [-0.2, 0) is 48.5 Å². The molecule has 702 valence electrons. The first-order chi connectivity index (χ1) is 63.0. The van der Waals surface area contributed by atoms with E-state index in [-0.39, 0.29) is 37.4 Å². The van der Waals surface area contributed by atoms with Gasteiger partial charge in [0.05, 0.1) is 47.2 Å². The molecule has 0 saturated carbocycles. The number of nitrogens with zero attached hydrogens (tertiary/aromatic N) is 2. The standard InChI is InChI=1S/C21H25NO.C21H26O2S.C20H23NO.C19H21NO.C18H20O3S.C18H20O2S2/c1-6-22-19-10-8-15(13(2)3)11-18(19)21(23)17-9-7-16(14(4)5)12-20(17)22;1-13(2)15-8-10-19-18(11-15)21(5,6)17-9-7-16(14(3)4)12-20(17)24(19,22)23;1-12(2)14-7-9-18-17(10-14)20(22)16-8-6-15(13(3)4)11-19(16)21(18)5;1-11(2)13-6-8-17-16(9-13)19(21)15-7-5-14(12(3)4)10-18(15)20-17;2*1-11(2)13-6-8-17-16(9-13)21-15-7-5-14(12(3)4)10-18(15)22(17,19)20/h7-14H,6H2,1-5H3;7-14H,1-6H3;6-13H,1-5H3;5-12H,1-4H3,(H,20,21);2*5-12H,1-4H3. The molecule has 12 aromatic carbocycles. The van der Waals surface area contributed by atoms with Crippen molar-refractivity contribution in [3.05, 3.63) is 327 Å². The minimum Gasteiger partial charge on any atom is -0.455 e. The average molecular weight is 1870 g/mol. The van der Waals surface area contributed by atoms with Crippen LogP contribution >= 0.6 is 11.8 Å². The summed E-state index contributed by atoms with van der Waals surface area (Å²) in [6, 6.07) is 71.4. The summed E-state index contributed by atoms with van der Waals surface area (Å²) in [5.74, 6) is 5.45. The van der Waals surface area contributed by atoms with Gasteiger partial charge in [-0.05, 0) is 289 Å². The quantitative estimate of drug-likeness (QED) is 0.108. The summed E-state index contributed by atoms with van der Waals surface area (Å²) in [5, 5.41) is 4.84. The molecule has 0 bridgehead atoms. The number of fused-ring (bicyclic) bond motifs is 12. The van der Waals surface area contributed by atoms with Gasteiger partial charge in [-0.3, -0.25) is 14.4 Å². The number of sulfone groups is 3. The minimum atomic E-state index is -3.52. The zero-order valence-corrected chi connectivity index (χ0v) is 86.8. The van der Waals surface area contributed by atoms with E-state index < -0.39 is 29.5 Å². The number of H-pyrrole nitrogens is 1. The Morgan fingerprint density at radius 2 is 0.642 bits per heavy atom. The Labute approximate surface area is 799 Å². The van der Waals surface area contributed by atoms with Crippen LogP contribution in [0.15, 0.2) is 272 Å². The van der Waals surface area contributed by atoms with Crippen LogP contribution in [0.2, 0.25) is 0 Å². The Morgan fingerprint density at radius 3 is 1.17 bits per heavy atom. The van der Waals surface area contributed by atoms with E-state index in [1.165, 1.54) is 44.5 Å². The van der Waals surface area contributed by atoms with Crippen molar-refractivity contribution in [1.29, 1.82) is 0 Å². The molecular weight excluding hydrogens is 1740 g/mol. The zero-order valence-electron chi connectivity index (χ0n) is 83.5. The van der Waals surface area contributed by atoms with E-state index in [0.717, 1.165) is 115 Å². The second kappa shape index (κ2) is 39.8. The third-order valence-electron chi connectivity index (χ3n) is 26.9. The van der Waals surface area contributed by atoms with Gasteiger partial charge in [0, 0.05) is 66.6 Å². The molecule has 17 heteroatoms. The molecule has 15 aromatic rings. The van der Waals surface area contributed by atoms with Gasteiger partial charge in [-0.1, -0.05) is 277 Å². The normalized spacial score (nSPS) is 14.1. The fourth-order valence-corrected chi connectivity index (χ4v) is 24.5. The molecule has 0 amide bonds. The molecule has 3 aliphatic heterocycles. The average Bonchev–Trinajstić information content (AvgIpc) is 0.707. The fourth-order valence-electron chi connectivity index (χ4n) is 17.8. The Balaban J connectivity index is 0.000000136. The van der Waals surface area contributed by atoms with Crippen molar-refractivity contribution in [2.45, 2.75) is 309 Å². The highest BCUT2D eigenvalue weighted by Gasteiger charge is 2.42. The van der Waals surface area contributed by atoms with Crippen LogP contribution in [0.3, 0.4) is 0 Å². The number of aryl methyl sites for hydroxylation is 2. The molecule has 0 spiro atoms. The third kappa shape index (κ3) is 20.0. The van der Waals surface area contributed by atoms with E-state index in [1.54, 1.807) is 42.1 Å². The SMILES string of the molecule is CC(C)c1ccc2c(=O)c3cc(C(C)C)ccc3[nH]c2c1.CC(C)c1ccc2c(c1)C(C)(C)c1ccc(C(C)C)cc1S2(=O)=O.CC(C)c1ccc2c(c1)Oc1ccc(C(C)C)cc1S2(=O)=O.CC(C)c1ccc2c(c1)Sc1ccc(C(C)C)cc1S2(=O)=O.CC(C)c1ccc2c(c1)c(=O)c1ccc(C(C)C)cc1n2C.CCn1c2ccc(C(C)C)cc2c(=O)c2ccc(C(C)C)cc21. The molecule has 0 atom stereocenters. The molecule has 134 heavy (non-hydrogen) atoms. The smallest absolute Gasteiger partial charge is 0.213 e. The van der Waals surface area contributed by atoms with E-state index in [0.29, 0.717) is 96.2 Å². The predicted molar refractivity (Wildman–Crippen MR) is 561 cm³/mol. The Bertz CT molecular complexity index is 7480. The van der Waals surface area contributed by atoms with Crippen LogP contribution in [0.4, 0.5) is 0 Å². The topological polar surface area (TPSA) is 189 Å². The maximum atomic E-state index is 13.2. The maximum Gasteiger partial charge on any atom is 0.213 e. The number of ether oxygens (including phenoxy) is 1. The van der Waals surface area contributed by atoms with Crippen molar-refractivity contribution < 1.29 is 30.0 Å². The van der Waals surface area contributed by atoms with E-state index >= 15 is 0 Å². The number of benzene rings is 12. The maximum absolute atomic E-state index is 13.2. The van der Waals surface area contributed by atoms with Crippen LogP contribution < -0.4 is 21.0 Å². The molecule has 0 unspecified atom stereocenters. The zero-order chi connectivity index (χ0) is 97.9. The van der Waals surface area contributed by atoms with Crippen molar-refractivity contribution in [1.82, 2.24) is 14.1 Å². The summed E-state index contributed by atoms with van der Waals surface area (Å²) in [6.45, 7) is 58.3. The Hall–Kier alpha value is -11.0. The summed E-state index contributed by atoms with van der Waals surface area (Å²) >= 11 is 1.56. The third-order valence-corrected chi connectivity index (χ3v) is 33.8. The first-order valence-electron chi connectivity index (χ1n) is 47.7. The summed E-state index contributed by atoms with van der Waals surface area (Å²) in [6.07, 6.45) is 0. The Morgan fingerprint density at radius 1 is 0.284 bits per heavy atom. The number of pyridine rings is 3. The van der Waals surface area contributed by atoms with Gasteiger partial charge < -0.3 is 18.9 Å². The highest BCUT2D eigenvalue weighted by molar-refractivity contribution is 8.02. The lowest BCUT2D eigenvalue weighted by atomic mass is 9.76. The van der Waals surface area contributed by atoms with Gasteiger partial charge in [0.25, 0.3) is 0 Å². The molecule has 18 rings (SSSR count). The van der Waals surface area contributed by atoms with Crippen molar-refractivity contribution >= 4 is 107 Å². The van der Waals surface area contributed by atoms with Crippen molar-refractivity contribution in [2.24, 2.45) is 7.05 Å². The summed E-state index contributed by atoms with van der Waals surface area (Å²) < 4.78 is 88.4. The number of aromatic nitrogens is 3. The van der Waals surface area contributed by atoms with E-state index in [2.05, 4.69) is 278 Å². The van der Waals surface area contributed by atoms with Crippen molar-refractivity contribution in [3.8, 4) is 11.5 Å². The molecule has 0 saturated heterocycles. The lowest BCUT2D eigenvalue weighted by Crippen LogP contribution is -2.30. The van der Waals surface area contributed by atoms with Gasteiger partial charge in [-0.25, -0.2) is 25.3 Å². The molecule has 0 aliphatic carbocycles. The largest absolute Gasteiger partial charge is 0.455 e. The van der Waals surface area contributed by atoms with Gasteiger partial charge in [0.15, 0.2) is 16.3 Å². The second-order valence-corrected chi connectivity index (χ2v) is 47.4. The lowest BCUT2D eigenvalue weighted by Gasteiger charge is -2.35.